The molecule has 2 fully saturated rings. The molecule has 1 atom stereocenters. The van der Waals surface area contributed by atoms with E-state index in [0.29, 0.717) is 35.1 Å². The quantitative estimate of drug-likeness (QED) is 0.244. The number of ether oxygens (including phenoxy) is 1. The van der Waals surface area contributed by atoms with Gasteiger partial charge in [0.1, 0.15) is 6.10 Å². The second-order valence-electron chi connectivity index (χ2n) is 13.2. The predicted molar refractivity (Wildman–Crippen MR) is 194 cm³/mol. The van der Waals surface area contributed by atoms with Crippen molar-refractivity contribution < 1.29 is 22.7 Å². The van der Waals surface area contributed by atoms with Crippen LogP contribution in [0, 0.1) is 13.8 Å². The zero-order valence-corrected chi connectivity index (χ0v) is 29.2. The van der Waals surface area contributed by atoms with Crippen LogP contribution in [0.1, 0.15) is 27.9 Å². The van der Waals surface area contributed by atoms with Crippen LogP contribution in [0.15, 0.2) is 90.1 Å². The summed E-state index contributed by atoms with van der Waals surface area (Å²) in [5.74, 6) is -0.184. The fourth-order valence-corrected chi connectivity index (χ4v) is 8.18. The number of hydrogen-bond acceptors (Lipinski definition) is 8. The van der Waals surface area contributed by atoms with Crippen LogP contribution in [-0.2, 0) is 14.8 Å². The summed E-state index contributed by atoms with van der Waals surface area (Å²) in [7, 11) is -1.84. The number of nitrogens with two attached hydrogens (primary N) is 1. The van der Waals surface area contributed by atoms with Crippen molar-refractivity contribution in [3.8, 4) is 22.3 Å². The maximum atomic E-state index is 14.0. The number of benzene rings is 3. The predicted octanol–water partition coefficient (Wildman–Crippen LogP) is 5.29. The molecule has 0 spiro atoms. The van der Waals surface area contributed by atoms with Crippen molar-refractivity contribution in [1.29, 1.82) is 0 Å². The lowest BCUT2D eigenvalue weighted by Gasteiger charge is -2.35. The summed E-state index contributed by atoms with van der Waals surface area (Å²) in [6, 6.07) is 22.3. The Balaban J connectivity index is 1.26. The first-order valence-corrected chi connectivity index (χ1v) is 18.2. The van der Waals surface area contributed by atoms with Crippen molar-refractivity contribution in [1.82, 2.24) is 18.8 Å². The number of aryl methyl sites for hydroxylation is 2. The maximum Gasteiger partial charge on any atom is 0.404 e. The van der Waals surface area contributed by atoms with Gasteiger partial charge < -0.3 is 25.2 Å². The summed E-state index contributed by atoms with van der Waals surface area (Å²) >= 11 is 0. The first kappa shape index (κ1) is 33.3. The van der Waals surface area contributed by atoms with E-state index in [1.54, 1.807) is 53.7 Å². The molecule has 3 aromatic carbocycles. The molecule has 12 heteroatoms. The molecule has 2 aliphatic rings. The Hall–Kier alpha value is -5.20. The highest BCUT2D eigenvalue weighted by atomic mass is 32.2. The molecule has 0 radical (unpaired) electrons. The van der Waals surface area contributed by atoms with Crippen LogP contribution in [0.2, 0.25) is 0 Å². The lowest BCUT2D eigenvalue weighted by molar-refractivity contribution is 0.0739. The Morgan fingerprint density at radius 3 is 2.24 bits per heavy atom. The monoisotopic (exact) mass is 692 g/mol. The van der Waals surface area contributed by atoms with E-state index < -0.39 is 22.2 Å². The van der Waals surface area contributed by atoms with Gasteiger partial charge in [0.2, 0.25) is 0 Å². The molecule has 2 aromatic heterocycles. The molecule has 0 aliphatic carbocycles. The highest BCUT2D eigenvalue weighted by Gasteiger charge is 2.29. The molecule has 11 nitrogen and oxygen atoms in total. The zero-order valence-electron chi connectivity index (χ0n) is 28.4. The smallest absolute Gasteiger partial charge is 0.404 e. The minimum Gasteiger partial charge on any atom is -0.444 e. The number of pyridine rings is 1. The summed E-state index contributed by atoms with van der Waals surface area (Å²) in [4.78, 5) is 35.8. The Kier molecular flexibility index (Phi) is 8.83. The van der Waals surface area contributed by atoms with Crippen molar-refractivity contribution in [2.45, 2.75) is 31.3 Å². The SMILES string of the molecule is Cc1ccc(S(=O)(=O)n2cc(-c3ccc(C(=O)N4CCC(OC(N)=O)C4)cc3)c3cc(-c4ccc(N5CCN(C)CC5)c(C)c4)cnc32)cc1. The van der Waals surface area contributed by atoms with Crippen LogP contribution >= 0.6 is 0 Å². The van der Waals surface area contributed by atoms with Gasteiger partial charge in [0, 0.05) is 79.3 Å². The van der Waals surface area contributed by atoms with Crippen LogP contribution < -0.4 is 10.6 Å². The third kappa shape index (κ3) is 6.44. The zero-order chi connectivity index (χ0) is 35.2. The third-order valence-electron chi connectivity index (χ3n) is 9.72. The Morgan fingerprint density at radius 2 is 1.56 bits per heavy atom. The lowest BCUT2D eigenvalue weighted by atomic mass is 9.99. The van der Waals surface area contributed by atoms with E-state index in [9.17, 15) is 18.0 Å². The van der Waals surface area contributed by atoms with Crippen LogP contribution in [0.3, 0.4) is 0 Å². The van der Waals surface area contributed by atoms with Gasteiger partial charge in [-0.15, -0.1) is 0 Å². The molecular formula is C38H40N6O5S. The highest BCUT2D eigenvalue weighted by molar-refractivity contribution is 7.90. The number of likely N-dealkylation sites (tertiary alicyclic amines) is 1. The summed E-state index contributed by atoms with van der Waals surface area (Å²) in [5, 5.41) is 0.670. The molecule has 50 heavy (non-hydrogen) atoms. The van der Waals surface area contributed by atoms with Crippen LogP contribution in [0.4, 0.5) is 10.5 Å². The Bertz CT molecular complexity index is 2190. The van der Waals surface area contributed by atoms with Crippen molar-refractivity contribution in [3.05, 3.63) is 102 Å². The lowest BCUT2D eigenvalue weighted by Crippen LogP contribution is -2.44. The fourth-order valence-electron chi connectivity index (χ4n) is 6.86. The standard InChI is InChI=1S/C38H40N6O5S/c1-25-4-11-32(12-5-25)50(47,48)44-24-34(27-6-8-28(9-7-27)37(45)43-15-14-31(23-43)49-38(39)46)33-21-30(22-40-36(33)44)29-10-13-35(26(2)20-29)42-18-16-41(3)17-19-42/h4-13,20-22,24,31H,14-19,23H2,1-3H3,(H2,39,46). The van der Waals surface area contributed by atoms with Gasteiger partial charge in [0.15, 0.2) is 5.65 Å². The first-order valence-electron chi connectivity index (χ1n) is 16.7. The van der Waals surface area contributed by atoms with Gasteiger partial charge in [-0.3, -0.25) is 4.79 Å². The number of carbonyl (C=O) groups is 2. The van der Waals surface area contributed by atoms with Gasteiger partial charge in [-0.1, -0.05) is 35.9 Å². The number of primary amides is 1. The largest absolute Gasteiger partial charge is 0.444 e. The van der Waals surface area contributed by atoms with Gasteiger partial charge in [-0.25, -0.2) is 22.2 Å². The topological polar surface area (TPSA) is 131 Å². The van der Waals surface area contributed by atoms with E-state index in [-0.39, 0.29) is 17.3 Å². The summed E-state index contributed by atoms with van der Waals surface area (Å²) in [6.45, 7) is 8.75. The molecule has 1 unspecified atom stereocenters. The minimum atomic E-state index is -3.98. The molecule has 2 aliphatic heterocycles. The summed E-state index contributed by atoms with van der Waals surface area (Å²) in [5.41, 5.74) is 12.5. The number of aromatic nitrogens is 2. The van der Waals surface area contributed by atoms with Crippen molar-refractivity contribution in [3.63, 3.8) is 0 Å². The molecule has 4 heterocycles. The van der Waals surface area contributed by atoms with Gasteiger partial charge in [0.05, 0.1) is 11.4 Å². The van der Waals surface area contributed by atoms with Crippen LogP contribution in [0.25, 0.3) is 33.3 Å². The maximum absolute atomic E-state index is 14.0. The van der Waals surface area contributed by atoms with Crippen LogP contribution in [0.5, 0.6) is 0 Å². The molecule has 2 saturated heterocycles. The number of fused-ring (bicyclic) bond motifs is 1. The molecule has 0 bridgehead atoms. The number of hydrogen-bond donors (Lipinski definition) is 1. The first-order chi connectivity index (χ1) is 24.0. The fraction of sp³-hybridized carbons (Fsp3) is 0.289. The molecule has 7 rings (SSSR count). The Labute approximate surface area is 291 Å². The molecule has 2 N–H and O–H groups in total. The third-order valence-corrected chi connectivity index (χ3v) is 11.4. The van der Waals surface area contributed by atoms with E-state index >= 15 is 0 Å². The van der Waals surface area contributed by atoms with E-state index in [1.807, 2.05) is 25.1 Å². The van der Waals surface area contributed by atoms with Crippen molar-refractivity contribution in [2.75, 3.05) is 51.2 Å². The van der Waals surface area contributed by atoms with Gasteiger partial charge in [0.25, 0.3) is 15.9 Å². The van der Waals surface area contributed by atoms with Crippen molar-refractivity contribution in [2.24, 2.45) is 5.73 Å². The van der Waals surface area contributed by atoms with Gasteiger partial charge in [-0.2, -0.15) is 0 Å². The van der Waals surface area contributed by atoms with Crippen LogP contribution in [-0.4, -0.2) is 91.6 Å². The number of amides is 2. The number of likely N-dealkylation sites (N-methyl/N-ethyl adjacent to an activating group) is 1. The van der Waals surface area contributed by atoms with Gasteiger partial charge in [-0.05, 0) is 80.1 Å². The number of carbonyl (C=O) groups excluding carboxylic acids is 2. The molecule has 2 amide bonds. The van der Waals surface area contributed by atoms with E-state index in [4.69, 9.17) is 15.5 Å². The summed E-state index contributed by atoms with van der Waals surface area (Å²) < 4.78 is 34.4. The Morgan fingerprint density at radius 1 is 0.860 bits per heavy atom. The van der Waals surface area contributed by atoms with Gasteiger partial charge >= 0.3 is 6.09 Å². The number of piperazine rings is 1. The molecular weight excluding hydrogens is 653 g/mol. The average molecular weight is 693 g/mol. The van der Waals surface area contributed by atoms with E-state index in [2.05, 4.69) is 42.0 Å². The van der Waals surface area contributed by atoms with E-state index in [0.717, 1.165) is 54.0 Å². The van der Waals surface area contributed by atoms with Crippen molar-refractivity contribution >= 4 is 38.7 Å². The average Bonchev–Trinajstić information content (AvgIpc) is 3.73. The molecule has 0 saturated carbocycles. The number of anilines is 1. The second kappa shape index (κ2) is 13.3. The molecule has 258 valence electrons. The minimum absolute atomic E-state index is 0.165. The molecule has 5 aromatic rings. The number of rotatable bonds is 7. The highest BCUT2D eigenvalue weighted by Crippen LogP contribution is 2.36. The summed E-state index contributed by atoms with van der Waals surface area (Å²) in [6.07, 6.45) is 2.58. The second-order valence-corrected chi connectivity index (χ2v) is 15.0. The normalized spacial score (nSPS) is 17.0. The van der Waals surface area contributed by atoms with E-state index in [1.165, 1.54) is 9.66 Å². The number of nitrogens with zero attached hydrogens (tertiary/aromatic N) is 5.